The van der Waals surface area contributed by atoms with Gasteiger partial charge in [-0.15, -0.1) is 0 Å². The molecule has 0 aromatic carbocycles. The summed E-state index contributed by atoms with van der Waals surface area (Å²) in [5, 5.41) is 6.25. The quantitative estimate of drug-likeness (QED) is 0.410. The molecule has 0 saturated carbocycles. The van der Waals surface area contributed by atoms with Gasteiger partial charge in [0.25, 0.3) is 0 Å². The van der Waals surface area contributed by atoms with Crippen molar-refractivity contribution in [3.8, 4) is 0 Å². The fourth-order valence-corrected chi connectivity index (χ4v) is 3.69. The standard InChI is InChI=1S/C19H39N.CN/c1-3-5-6-7-8-9-10-11-12-13-16-20-17-14-15-19(4-2)18-20;1-2/h19H,3-18H2,1-2H3;/q;-1/p+1. The van der Waals surface area contributed by atoms with Crippen LogP contribution in [0, 0.1) is 17.8 Å². The van der Waals surface area contributed by atoms with Gasteiger partial charge in [-0.05, 0) is 32.1 Å². The SMILES string of the molecule is CCCCCCCCCCCC[NH+]1CCCC(CC)C1.[C-]#N. The number of likely N-dealkylation sites (tertiary alicyclic amines) is 1. The molecule has 1 saturated heterocycles. The zero-order valence-corrected chi connectivity index (χ0v) is 15.3. The van der Waals surface area contributed by atoms with Gasteiger partial charge in [-0.2, -0.15) is 0 Å². The fraction of sp³-hybridized carbons (Fsp3) is 0.950. The monoisotopic (exact) mass is 308 g/mol. The predicted molar refractivity (Wildman–Crippen MR) is 95.4 cm³/mol. The highest BCUT2D eigenvalue weighted by Crippen LogP contribution is 2.12. The maximum Gasteiger partial charge on any atom is 0.0799 e. The van der Waals surface area contributed by atoms with Crippen LogP contribution < -0.4 is 4.90 Å². The number of unbranched alkanes of at least 4 members (excludes halogenated alkanes) is 9. The summed E-state index contributed by atoms with van der Waals surface area (Å²) in [6.45, 7) is 13.8. The van der Waals surface area contributed by atoms with E-state index in [9.17, 15) is 0 Å². The number of piperidine rings is 1. The number of quaternary nitrogens is 1. The Morgan fingerprint density at radius 2 is 1.41 bits per heavy atom. The van der Waals surface area contributed by atoms with Gasteiger partial charge < -0.3 is 16.7 Å². The molecule has 2 unspecified atom stereocenters. The molecule has 0 aromatic heterocycles. The van der Waals surface area contributed by atoms with Crippen molar-refractivity contribution in [1.82, 2.24) is 0 Å². The third-order valence-corrected chi connectivity index (χ3v) is 5.18. The van der Waals surface area contributed by atoms with Gasteiger partial charge >= 0.3 is 0 Å². The van der Waals surface area contributed by atoms with Gasteiger partial charge in [0.2, 0.25) is 0 Å². The van der Waals surface area contributed by atoms with E-state index in [2.05, 4.69) is 13.8 Å². The molecular formula is C20H40N2. The molecule has 0 bridgehead atoms. The van der Waals surface area contributed by atoms with Crippen LogP contribution in [-0.2, 0) is 0 Å². The van der Waals surface area contributed by atoms with E-state index >= 15 is 0 Å². The van der Waals surface area contributed by atoms with E-state index in [1.165, 1.54) is 103 Å². The molecule has 2 nitrogen and oxygen atoms in total. The lowest BCUT2D eigenvalue weighted by Crippen LogP contribution is -3.13. The topological polar surface area (TPSA) is 28.2 Å². The number of hydrogen-bond acceptors (Lipinski definition) is 1. The molecule has 1 N–H and O–H groups in total. The Morgan fingerprint density at radius 1 is 0.864 bits per heavy atom. The molecule has 0 amide bonds. The van der Waals surface area contributed by atoms with Crippen molar-refractivity contribution in [2.24, 2.45) is 5.92 Å². The smallest absolute Gasteiger partial charge is 0.0799 e. The Balaban J connectivity index is 0.00000211. The van der Waals surface area contributed by atoms with Crippen LogP contribution in [0.2, 0.25) is 0 Å². The third-order valence-electron chi connectivity index (χ3n) is 5.18. The minimum Gasteiger partial charge on any atom is -0.512 e. The van der Waals surface area contributed by atoms with E-state index in [0.29, 0.717) is 0 Å². The fourth-order valence-electron chi connectivity index (χ4n) is 3.69. The molecule has 2 heteroatoms. The molecule has 1 fully saturated rings. The van der Waals surface area contributed by atoms with Crippen LogP contribution in [-0.4, -0.2) is 19.6 Å². The number of nitrogens with zero attached hydrogens (tertiary/aromatic N) is 1. The van der Waals surface area contributed by atoms with Gasteiger partial charge in [0, 0.05) is 5.92 Å². The summed E-state index contributed by atoms with van der Waals surface area (Å²) in [7, 11) is 0. The molecule has 0 aliphatic carbocycles. The Morgan fingerprint density at radius 3 is 1.95 bits per heavy atom. The van der Waals surface area contributed by atoms with Crippen LogP contribution in [0.25, 0.3) is 0 Å². The second kappa shape index (κ2) is 16.8. The van der Waals surface area contributed by atoms with Crippen LogP contribution in [0.5, 0.6) is 0 Å². The van der Waals surface area contributed by atoms with Crippen LogP contribution in [0.15, 0.2) is 0 Å². The van der Waals surface area contributed by atoms with Crippen molar-refractivity contribution in [3.63, 3.8) is 0 Å². The lowest BCUT2D eigenvalue weighted by molar-refractivity contribution is -0.909. The third kappa shape index (κ3) is 12.0. The van der Waals surface area contributed by atoms with Crippen LogP contribution in [0.1, 0.15) is 97.3 Å². The molecule has 2 atom stereocenters. The maximum absolute atomic E-state index is 6.25. The molecule has 1 heterocycles. The first-order valence-corrected chi connectivity index (χ1v) is 9.92. The Bertz CT molecular complexity index is 237. The summed E-state index contributed by atoms with van der Waals surface area (Å²) in [6, 6.07) is 0. The molecule has 1 aliphatic heterocycles. The number of hydrogen-bond donors (Lipinski definition) is 1. The van der Waals surface area contributed by atoms with Gasteiger partial charge in [0.1, 0.15) is 0 Å². The zero-order valence-electron chi connectivity index (χ0n) is 15.3. The Labute approximate surface area is 140 Å². The lowest BCUT2D eigenvalue weighted by Gasteiger charge is -2.29. The van der Waals surface area contributed by atoms with Crippen LogP contribution in [0.4, 0.5) is 0 Å². The first kappa shape index (κ1) is 21.4. The highest BCUT2D eigenvalue weighted by Gasteiger charge is 2.20. The Hall–Kier alpha value is -0.550. The molecule has 0 spiro atoms. The van der Waals surface area contributed by atoms with Gasteiger partial charge in [0.15, 0.2) is 0 Å². The summed E-state index contributed by atoms with van der Waals surface area (Å²) in [5.41, 5.74) is 0. The van der Waals surface area contributed by atoms with E-state index < -0.39 is 0 Å². The average Bonchev–Trinajstić information content (AvgIpc) is 2.58. The van der Waals surface area contributed by atoms with E-state index in [1.807, 2.05) is 4.90 Å². The van der Waals surface area contributed by atoms with Crippen molar-refractivity contribution < 1.29 is 4.90 Å². The van der Waals surface area contributed by atoms with Gasteiger partial charge in [0.05, 0.1) is 19.6 Å². The van der Waals surface area contributed by atoms with E-state index in [1.54, 1.807) is 0 Å². The van der Waals surface area contributed by atoms with E-state index in [0.717, 1.165) is 5.92 Å². The average molecular weight is 309 g/mol. The van der Waals surface area contributed by atoms with E-state index in [4.69, 9.17) is 11.8 Å². The van der Waals surface area contributed by atoms with Crippen LogP contribution in [0.3, 0.4) is 0 Å². The second-order valence-corrected chi connectivity index (χ2v) is 7.05. The molecule has 1 rings (SSSR count). The highest BCUT2D eigenvalue weighted by molar-refractivity contribution is 4.59. The van der Waals surface area contributed by atoms with Crippen LogP contribution >= 0.6 is 0 Å². The summed E-state index contributed by atoms with van der Waals surface area (Å²) < 4.78 is 0. The summed E-state index contributed by atoms with van der Waals surface area (Å²) in [5.74, 6) is 1.03. The van der Waals surface area contributed by atoms with Gasteiger partial charge in [-0.25, -0.2) is 0 Å². The molecule has 130 valence electrons. The number of rotatable bonds is 12. The van der Waals surface area contributed by atoms with Gasteiger partial charge in [-0.1, -0.05) is 65.2 Å². The maximum atomic E-state index is 6.25. The first-order chi connectivity index (χ1) is 10.9. The minimum absolute atomic E-state index is 1.03. The Kier molecular flexibility index (Phi) is 16.4. The summed E-state index contributed by atoms with van der Waals surface area (Å²) in [6.07, 6.45) is 19.0. The van der Waals surface area contributed by atoms with Crippen molar-refractivity contribution in [3.05, 3.63) is 6.57 Å². The molecule has 0 radical (unpaired) electrons. The highest BCUT2D eigenvalue weighted by atomic mass is 15.1. The van der Waals surface area contributed by atoms with Gasteiger partial charge in [-0.3, -0.25) is 0 Å². The van der Waals surface area contributed by atoms with Crippen molar-refractivity contribution >= 4 is 0 Å². The lowest BCUT2D eigenvalue weighted by atomic mass is 9.95. The van der Waals surface area contributed by atoms with Crippen molar-refractivity contribution in [2.75, 3.05) is 19.6 Å². The van der Waals surface area contributed by atoms with Crippen molar-refractivity contribution in [1.29, 1.82) is 5.26 Å². The summed E-state index contributed by atoms with van der Waals surface area (Å²) in [4.78, 5) is 1.91. The molecule has 0 aromatic rings. The predicted octanol–water partition coefficient (Wildman–Crippen LogP) is 4.71. The van der Waals surface area contributed by atoms with E-state index in [-0.39, 0.29) is 0 Å². The number of nitrogens with one attached hydrogen (secondary N) is 1. The second-order valence-electron chi connectivity index (χ2n) is 7.05. The minimum atomic E-state index is 1.03. The zero-order chi connectivity index (χ0) is 16.5. The normalized spacial score (nSPS) is 21.1. The largest absolute Gasteiger partial charge is 0.512 e. The first-order valence-electron chi connectivity index (χ1n) is 9.92. The summed E-state index contributed by atoms with van der Waals surface area (Å²) >= 11 is 0. The molecule has 1 aliphatic rings. The molecule has 22 heavy (non-hydrogen) atoms. The molecular weight excluding hydrogens is 268 g/mol. The van der Waals surface area contributed by atoms with Crippen molar-refractivity contribution in [2.45, 2.75) is 97.3 Å².